The van der Waals surface area contributed by atoms with Gasteiger partial charge in [0.05, 0.1) is 0 Å². The van der Waals surface area contributed by atoms with E-state index in [9.17, 15) is 4.79 Å². The first kappa shape index (κ1) is 13.1. The Morgan fingerprint density at radius 2 is 2.22 bits per heavy atom. The van der Waals surface area contributed by atoms with Crippen LogP contribution in [0.15, 0.2) is 46.3 Å². The molecule has 1 amide bonds. The maximum Gasteiger partial charge on any atom is 0.248 e. The third-order valence-corrected chi connectivity index (χ3v) is 3.55. The molecule has 2 rings (SSSR count). The molecule has 92 valence electrons. The van der Waals surface area contributed by atoms with Crippen molar-refractivity contribution in [1.82, 2.24) is 0 Å². The topological polar surface area (TPSA) is 29.1 Å². The molecule has 0 bridgehead atoms. The van der Waals surface area contributed by atoms with E-state index in [0.29, 0.717) is 0 Å². The molecule has 1 N–H and O–H groups in total. The smallest absolute Gasteiger partial charge is 0.248 e. The van der Waals surface area contributed by atoms with Crippen molar-refractivity contribution >= 4 is 44.9 Å². The van der Waals surface area contributed by atoms with Crippen LogP contribution in [0, 0.1) is 6.92 Å². The molecule has 0 aliphatic heterocycles. The molecular formula is C14H12BrNOS. The number of carbonyl (C=O) groups excluding carboxylic acids is 1. The zero-order chi connectivity index (χ0) is 13.0. The van der Waals surface area contributed by atoms with Crippen molar-refractivity contribution in [3.8, 4) is 0 Å². The number of thiophene rings is 1. The number of carbonyl (C=O) groups is 1. The molecule has 0 spiro atoms. The van der Waals surface area contributed by atoms with Crippen LogP contribution in [0.1, 0.15) is 10.4 Å². The first-order chi connectivity index (χ1) is 8.63. The van der Waals surface area contributed by atoms with Crippen molar-refractivity contribution in [2.75, 3.05) is 5.32 Å². The van der Waals surface area contributed by atoms with Crippen LogP contribution in [0.4, 0.5) is 5.69 Å². The summed E-state index contributed by atoms with van der Waals surface area (Å²) in [6.07, 6.45) is 3.35. The van der Waals surface area contributed by atoms with Crippen molar-refractivity contribution in [2.24, 2.45) is 0 Å². The number of aryl methyl sites for hydroxylation is 1. The molecule has 0 fully saturated rings. The van der Waals surface area contributed by atoms with Crippen molar-refractivity contribution in [3.63, 3.8) is 0 Å². The molecule has 4 heteroatoms. The number of nitrogens with one attached hydrogen (secondary N) is 1. The molecule has 0 unspecified atom stereocenters. The summed E-state index contributed by atoms with van der Waals surface area (Å²) in [5.41, 5.74) is 1.89. The number of anilines is 1. The molecule has 0 atom stereocenters. The highest BCUT2D eigenvalue weighted by molar-refractivity contribution is 9.10. The van der Waals surface area contributed by atoms with Crippen LogP contribution in [0.3, 0.4) is 0 Å². The summed E-state index contributed by atoms with van der Waals surface area (Å²) < 4.78 is 0.958. The summed E-state index contributed by atoms with van der Waals surface area (Å²) >= 11 is 5.01. The van der Waals surface area contributed by atoms with E-state index in [4.69, 9.17) is 0 Å². The zero-order valence-corrected chi connectivity index (χ0v) is 12.2. The molecule has 0 aliphatic rings. The van der Waals surface area contributed by atoms with Gasteiger partial charge in [-0.15, -0.1) is 11.3 Å². The molecule has 0 radical (unpaired) electrons. The second-order valence-electron chi connectivity index (χ2n) is 3.86. The molecule has 0 saturated heterocycles. The summed E-state index contributed by atoms with van der Waals surface area (Å²) in [6, 6.07) is 9.74. The number of benzene rings is 1. The van der Waals surface area contributed by atoms with Gasteiger partial charge < -0.3 is 5.32 Å². The summed E-state index contributed by atoms with van der Waals surface area (Å²) in [5, 5.41) is 4.82. The van der Waals surface area contributed by atoms with Crippen LogP contribution in [0.5, 0.6) is 0 Å². The maximum absolute atomic E-state index is 11.7. The van der Waals surface area contributed by atoms with Gasteiger partial charge in [0, 0.05) is 21.1 Å². The molecule has 1 heterocycles. The fourth-order valence-electron chi connectivity index (χ4n) is 1.54. The van der Waals surface area contributed by atoms with Gasteiger partial charge in [-0.25, -0.2) is 0 Å². The standard InChI is InChI=1S/C14H12BrNOS/c1-10-7-11(15)9-12(8-10)16-14(17)5-4-13-3-2-6-18-13/h2-9H,1H3,(H,16,17)/b5-4+. The highest BCUT2D eigenvalue weighted by Gasteiger charge is 2.00. The first-order valence-electron chi connectivity index (χ1n) is 5.43. The lowest BCUT2D eigenvalue weighted by Gasteiger charge is -2.04. The van der Waals surface area contributed by atoms with Crippen LogP contribution in [-0.4, -0.2) is 5.91 Å². The van der Waals surface area contributed by atoms with Gasteiger partial charge in [0.15, 0.2) is 0 Å². The normalized spacial score (nSPS) is 10.8. The van der Waals surface area contributed by atoms with Gasteiger partial charge in [-0.3, -0.25) is 4.79 Å². The van der Waals surface area contributed by atoms with Crippen LogP contribution in [0.25, 0.3) is 6.08 Å². The van der Waals surface area contributed by atoms with E-state index < -0.39 is 0 Å². The monoisotopic (exact) mass is 321 g/mol. The lowest BCUT2D eigenvalue weighted by Crippen LogP contribution is -2.07. The lowest BCUT2D eigenvalue weighted by molar-refractivity contribution is -0.111. The van der Waals surface area contributed by atoms with Crippen molar-refractivity contribution < 1.29 is 4.79 Å². The quantitative estimate of drug-likeness (QED) is 0.830. The zero-order valence-electron chi connectivity index (χ0n) is 9.81. The summed E-state index contributed by atoms with van der Waals surface area (Å²) in [4.78, 5) is 12.8. The lowest BCUT2D eigenvalue weighted by atomic mass is 10.2. The third kappa shape index (κ3) is 3.82. The Morgan fingerprint density at radius 1 is 1.39 bits per heavy atom. The minimum Gasteiger partial charge on any atom is -0.322 e. The van der Waals surface area contributed by atoms with Crippen LogP contribution in [-0.2, 0) is 4.79 Å². The molecule has 2 nitrogen and oxygen atoms in total. The predicted octanol–water partition coefficient (Wildman–Crippen LogP) is 4.47. The van der Waals surface area contributed by atoms with Crippen molar-refractivity contribution in [3.05, 3.63) is 56.7 Å². The van der Waals surface area contributed by atoms with Gasteiger partial charge in [0.25, 0.3) is 0 Å². The van der Waals surface area contributed by atoms with E-state index >= 15 is 0 Å². The second-order valence-corrected chi connectivity index (χ2v) is 5.75. The van der Waals surface area contributed by atoms with Gasteiger partial charge in [-0.1, -0.05) is 22.0 Å². The molecule has 0 aliphatic carbocycles. The summed E-state index contributed by atoms with van der Waals surface area (Å²) in [6.45, 7) is 1.99. The highest BCUT2D eigenvalue weighted by Crippen LogP contribution is 2.19. The molecular weight excluding hydrogens is 310 g/mol. The summed E-state index contributed by atoms with van der Waals surface area (Å²) in [5.74, 6) is -0.124. The van der Waals surface area contributed by atoms with Gasteiger partial charge in [0.1, 0.15) is 0 Å². The molecule has 2 aromatic rings. The average Bonchev–Trinajstić information content (AvgIpc) is 2.77. The number of halogens is 1. The molecule has 1 aromatic heterocycles. The maximum atomic E-state index is 11.7. The van der Waals surface area contributed by atoms with Crippen LogP contribution < -0.4 is 5.32 Å². The van der Waals surface area contributed by atoms with E-state index in [-0.39, 0.29) is 5.91 Å². The SMILES string of the molecule is Cc1cc(Br)cc(NC(=O)/C=C/c2cccs2)c1. The van der Waals surface area contributed by atoms with E-state index in [2.05, 4.69) is 21.2 Å². The van der Waals surface area contributed by atoms with Gasteiger partial charge in [-0.2, -0.15) is 0 Å². The van der Waals surface area contributed by atoms with E-state index in [1.807, 2.05) is 48.7 Å². The molecule has 18 heavy (non-hydrogen) atoms. The Morgan fingerprint density at radius 3 is 2.89 bits per heavy atom. The van der Waals surface area contributed by atoms with Gasteiger partial charge in [-0.05, 0) is 48.2 Å². The van der Waals surface area contributed by atoms with Gasteiger partial charge >= 0.3 is 0 Å². The Hall–Kier alpha value is -1.39. The van der Waals surface area contributed by atoms with Crippen LogP contribution in [0.2, 0.25) is 0 Å². The number of hydrogen-bond acceptors (Lipinski definition) is 2. The van der Waals surface area contributed by atoms with Crippen molar-refractivity contribution in [2.45, 2.75) is 6.92 Å². The Bertz CT molecular complexity index is 555. The van der Waals surface area contributed by atoms with E-state index in [0.717, 1.165) is 20.6 Å². The Kier molecular flexibility index (Phi) is 4.33. The third-order valence-electron chi connectivity index (χ3n) is 2.25. The van der Waals surface area contributed by atoms with E-state index in [1.54, 1.807) is 17.4 Å². The van der Waals surface area contributed by atoms with E-state index in [1.165, 1.54) is 0 Å². The fourth-order valence-corrected chi connectivity index (χ4v) is 2.76. The largest absolute Gasteiger partial charge is 0.322 e. The number of hydrogen-bond donors (Lipinski definition) is 1. The number of amides is 1. The summed E-state index contributed by atoms with van der Waals surface area (Å²) in [7, 11) is 0. The van der Waals surface area contributed by atoms with Crippen LogP contribution >= 0.6 is 27.3 Å². The van der Waals surface area contributed by atoms with Gasteiger partial charge in [0.2, 0.25) is 5.91 Å². The molecule has 1 aromatic carbocycles. The second kappa shape index (κ2) is 5.98. The molecule has 0 saturated carbocycles. The minimum absolute atomic E-state index is 0.124. The number of rotatable bonds is 3. The highest BCUT2D eigenvalue weighted by atomic mass is 79.9. The Labute approximate surface area is 118 Å². The fraction of sp³-hybridized carbons (Fsp3) is 0.0714. The van der Waals surface area contributed by atoms with Crippen molar-refractivity contribution in [1.29, 1.82) is 0 Å². The minimum atomic E-state index is -0.124. The average molecular weight is 322 g/mol. The Balaban J connectivity index is 2.03. The predicted molar refractivity (Wildman–Crippen MR) is 80.9 cm³/mol. The first-order valence-corrected chi connectivity index (χ1v) is 7.10.